The van der Waals surface area contributed by atoms with Crippen molar-refractivity contribution in [2.24, 2.45) is 0 Å². The Hall–Kier alpha value is 0.0200. The number of carbonyl (C=O) groups is 1. The van der Waals surface area contributed by atoms with Crippen LogP contribution in [0.5, 0.6) is 0 Å². The van der Waals surface area contributed by atoms with Crippen molar-refractivity contribution in [2.45, 2.75) is 25.3 Å². The zero-order valence-corrected chi connectivity index (χ0v) is 12.8. The summed E-state index contributed by atoms with van der Waals surface area (Å²) in [7, 11) is 2.63. The van der Waals surface area contributed by atoms with Gasteiger partial charge < -0.3 is 0 Å². The molecule has 16 heavy (non-hydrogen) atoms. The lowest BCUT2D eigenvalue weighted by atomic mass is 10.1. The molecule has 0 saturated heterocycles. The fraction of sp³-hybridized carbons (Fsp3) is 0.417. The maximum atomic E-state index is 11.8. The SMILES string of the molecule is CCc1ccccc1C(=O)SC(C)P.CS. The molecule has 0 bridgehead atoms. The molecule has 0 radical (unpaired) electrons. The Morgan fingerprint density at radius 2 is 2.00 bits per heavy atom. The second kappa shape index (κ2) is 9.09. The van der Waals surface area contributed by atoms with Gasteiger partial charge in [0.2, 0.25) is 5.12 Å². The molecule has 2 unspecified atom stereocenters. The van der Waals surface area contributed by atoms with Gasteiger partial charge in [0.05, 0.1) is 0 Å². The first-order chi connectivity index (χ1) is 7.65. The second-order valence-corrected chi connectivity index (χ2v) is 5.95. The number of thioether (sulfide) groups is 1. The zero-order valence-electron chi connectivity index (χ0n) is 9.93. The first-order valence-electron chi connectivity index (χ1n) is 5.14. The molecule has 90 valence electrons. The lowest BCUT2D eigenvalue weighted by molar-refractivity contribution is 0.108. The predicted octanol–water partition coefficient (Wildman–Crippen LogP) is 3.89. The van der Waals surface area contributed by atoms with E-state index in [0.717, 1.165) is 17.5 Å². The number of benzene rings is 1. The molecule has 0 aromatic heterocycles. The molecular formula is C12H19OPS2. The first kappa shape index (κ1) is 16.0. The van der Waals surface area contributed by atoms with Crippen molar-refractivity contribution in [1.82, 2.24) is 0 Å². The molecule has 1 nitrogen and oxygen atoms in total. The van der Waals surface area contributed by atoms with Crippen molar-refractivity contribution in [3.63, 3.8) is 0 Å². The van der Waals surface area contributed by atoms with Crippen LogP contribution in [0.1, 0.15) is 29.8 Å². The number of rotatable bonds is 3. The molecule has 0 aliphatic carbocycles. The van der Waals surface area contributed by atoms with Crippen LogP contribution in [0.15, 0.2) is 24.3 Å². The average molecular weight is 274 g/mol. The number of thiol groups is 1. The molecular weight excluding hydrogens is 255 g/mol. The van der Waals surface area contributed by atoms with E-state index in [1.807, 2.05) is 31.2 Å². The van der Waals surface area contributed by atoms with Crippen LogP contribution < -0.4 is 0 Å². The Balaban J connectivity index is 0.00000106. The fourth-order valence-corrected chi connectivity index (χ4v) is 2.29. The van der Waals surface area contributed by atoms with Crippen LogP contribution in [-0.2, 0) is 6.42 Å². The van der Waals surface area contributed by atoms with Gasteiger partial charge >= 0.3 is 0 Å². The molecule has 1 rings (SSSR count). The van der Waals surface area contributed by atoms with E-state index in [1.165, 1.54) is 11.8 Å². The summed E-state index contributed by atoms with van der Waals surface area (Å²) in [6.45, 7) is 4.07. The summed E-state index contributed by atoms with van der Waals surface area (Å²) in [6.07, 6.45) is 2.60. The fourth-order valence-electron chi connectivity index (χ4n) is 1.26. The molecule has 4 heteroatoms. The molecule has 0 N–H and O–H groups in total. The van der Waals surface area contributed by atoms with Gasteiger partial charge in [0.15, 0.2) is 0 Å². The standard InChI is InChI=1S/C11H15OPS.CH4S/c1-3-9-6-4-5-7-10(9)11(12)14-8(2)13;1-2/h4-8H,3,13H2,1-2H3;2H,1H3. The van der Waals surface area contributed by atoms with Crippen molar-refractivity contribution < 1.29 is 4.79 Å². The number of hydrogen-bond donors (Lipinski definition) is 1. The molecule has 1 aromatic rings. The summed E-state index contributed by atoms with van der Waals surface area (Å²) in [4.78, 5) is 12.1. The molecule has 2 atom stereocenters. The van der Waals surface area contributed by atoms with Crippen molar-refractivity contribution >= 4 is 38.7 Å². The second-order valence-electron chi connectivity index (χ2n) is 3.12. The highest BCUT2D eigenvalue weighted by Gasteiger charge is 2.11. The topological polar surface area (TPSA) is 17.1 Å². The van der Waals surface area contributed by atoms with Crippen LogP contribution in [0, 0.1) is 0 Å². The lowest BCUT2D eigenvalue weighted by Crippen LogP contribution is -2.01. The normalized spacial score (nSPS) is 11.3. The van der Waals surface area contributed by atoms with Crippen LogP contribution in [0.25, 0.3) is 0 Å². The van der Waals surface area contributed by atoms with Gasteiger partial charge in [-0.05, 0) is 25.2 Å². The highest BCUT2D eigenvalue weighted by Crippen LogP contribution is 2.23. The van der Waals surface area contributed by atoms with E-state index in [4.69, 9.17) is 0 Å². The monoisotopic (exact) mass is 274 g/mol. The van der Waals surface area contributed by atoms with E-state index in [1.54, 1.807) is 6.26 Å². The number of hydrogen-bond acceptors (Lipinski definition) is 3. The molecule has 0 aliphatic heterocycles. The lowest BCUT2D eigenvalue weighted by Gasteiger charge is -2.07. The highest BCUT2D eigenvalue weighted by molar-refractivity contribution is 8.17. The van der Waals surface area contributed by atoms with E-state index < -0.39 is 0 Å². The van der Waals surface area contributed by atoms with Crippen molar-refractivity contribution in [3.8, 4) is 0 Å². The Morgan fingerprint density at radius 3 is 2.50 bits per heavy atom. The first-order valence-corrected chi connectivity index (χ1v) is 7.58. The van der Waals surface area contributed by atoms with E-state index in [-0.39, 0.29) is 10.1 Å². The van der Waals surface area contributed by atoms with Crippen LogP contribution in [-0.4, -0.2) is 16.4 Å². The minimum atomic E-state index is 0.171. The van der Waals surface area contributed by atoms with Gasteiger partial charge in [0.25, 0.3) is 0 Å². The van der Waals surface area contributed by atoms with Gasteiger partial charge in [-0.25, -0.2) is 0 Å². The molecule has 0 aliphatic rings. The summed E-state index contributed by atoms with van der Waals surface area (Å²) in [5, 5.41) is 0.171. The van der Waals surface area contributed by atoms with Gasteiger partial charge in [0, 0.05) is 10.6 Å². The van der Waals surface area contributed by atoms with Gasteiger partial charge in [0.1, 0.15) is 0 Å². The molecule has 0 spiro atoms. The van der Waals surface area contributed by atoms with Crippen molar-refractivity contribution in [3.05, 3.63) is 35.4 Å². The smallest absolute Gasteiger partial charge is 0.220 e. The molecule has 0 heterocycles. The number of carbonyl (C=O) groups excluding carboxylic acids is 1. The summed E-state index contributed by atoms with van der Waals surface area (Å²) in [5.74, 6) is 0. The van der Waals surface area contributed by atoms with E-state index in [9.17, 15) is 4.79 Å². The maximum absolute atomic E-state index is 11.8. The zero-order chi connectivity index (χ0) is 12.6. The Bertz CT molecular complexity index is 327. The quantitative estimate of drug-likeness (QED) is 0.665. The third kappa shape index (κ3) is 5.38. The molecule has 1 aromatic carbocycles. The van der Waals surface area contributed by atoms with E-state index in [2.05, 4.69) is 28.8 Å². The Morgan fingerprint density at radius 1 is 1.44 bits per heavy atom. The number of aryl methyl sites for hydroxylation is 1. The van der Waals surface area contributed by atoms with Gasteiger partial charge in [-0.2, -0.15) is 12.6 Å². The van der Waals surface area contributed by atoms with Crippen LogP contribution in [0.3, 0.4) is 0 Å². The maximum Gasteiger partial charge on any atom is 0.220 e. The van der Waals surface area contributed by atoms with Crippen LogP contribution in [0.4, 0.5) is 0 Å². The molecule has 0 fully saturated rings. The summed E-state index contributed by atoms with van der Waals surface area (Å²) in [6, 6.07) is 7.81. The van der Waals surface area contributed by atoms with Gasteiger partial charge in [-0.3, -0.25) is 4.79 Å². The molecule has 0 saturated carbocycles. The van der Waals surface area contributed by atoms with E-state index >= 15 is 0 Å². The third-order valence-corrected chi connectivity index (χ3v) is 3.13. The third-order valence-electron chi connectivity index (χ3n) is 1.91. The minimum Gasteiger partial charge on any atom is -0.282 e. The van der Waals surface area contributed by atoms with Crippen LogP contribution >= 0.6 is 33.6 Å². The largest absolute Gasteiger partial charge is 0.282 e. The predicted molar refractivity (Wildman–Crippen MR) is 81.8 cm³/mol. The van der Waals surface area contributed by atoms with Crippen molar-refractivity contribution in [1.29, 1.82) is 0 Å². The summed E-state index contributed by atoms with van der Waals surface area (Å²) < 4.78 is 0. The minimum absolute atomic E-state index is 0.171. The van der Waals surface area contributed by atoms with Crippen molar-refractivity contribution in [2.75, 3.05) is 6.26 Å². The Labute approximate surface area is 110 Å². The summed E-state index contributed by atoms with van der Waals surface area (Å²) in [5.41, 5.74) is 1.99. The molecule has 0 amide bonds. The van der Waals surface area contributed by atoms with Gasteiger partial charge in [-0.15, -0.1) is 9.24 Å². The average Bonchev–Trinajstić information content (AvgIpc) is 2.30. The van der Waals surface area contributed by atoms with Gasteiger partial charge in [-0.1, -0.05) is 43.0 Å². The van der Waals surface area contributed by atoms with Crippen LogP contribution in [0.2, 0.25) is 0 Å². The Kier molecular flexibility index (Phi) is 9.10. The van der Waals surface area contributed by atoms with E-state index in [0.29, 0.717) is 0 Å². The summed E-state index contributed by atoms with van der Waals surface area (Å²) >= 11 is 4.89. The highest BCUT2D eigenvalue weighted by atomic mass is 32.2.